The van der Waals surface area contributed by atoms with E-state index in [2.05, 4.69) is 446 Å². The predicted octanol–water partition coefficient (Wildman–Crippen LogP) is 30.2. The molecule has 0 radical (unpaired) electrons. The monoisotopic (exact) mass is 1470 g/mol. The van der Waals surface area contributed by atoms with Gasteiger partial charge in [-0.3, -0.25) is 0 Å². The van der Waals surface area contributed by atoms with Crippen LogP contribution in [0.2, 0.25) is 0 Å². The number of para-hydroxylation sites is 1. The van der Waals surface area contributed by atoms with Crippen molar-refractivity contribution < 1.29 is 0 Å². The summed E-state index contributed by atoms with van der Waals surface area (Å²) in [5.74, 6) is 0. The van der Waals surface area contributed by atoms with Gasteiger partial charge in [-0.25, -0.2) is 0 Å². The van der Waals surface area contributed by atoms with Crippen molar-refractivity contribution >= 4 is 51.2 Å². The van der Waals surface area contributed by atoms with Crippen LogP contribution in [0.15, 0.2) is 328 Å². The van der Waals surface area contributed by atoms with Gasteiger partial charge >= 0.3 is 0 Å². The maximum atomic E-state index is 2.50. The first kappa shape index (κ1) is 72.0. The van der Waals surface area contributed by atoms with Crippen LogP contribution in [0.3, 0.4) is 0 Å². The van der Waals surface area contributed by atoms with Crippen LogP contribution < -0.4 is 14.7 Å². The fourth-order valence-electron chi connectivity index (χ4n) is 20.4. The number of aryl methyl sites for hydroxylation is 3. The van der Waals surface area contributed by atoms with Crippen LogP contribution in [0.25, 0.3) is 66.8 Å². The maximum Gasteiger partial charge on any atom is 0.0465 e. The molecule has 0 fully saturated rings. The molecule has 6 aliphatic rings. The third-order valence-electron chi connectivity index (χ3n) is 26.8. The predicted molar refractivity (Wildman–Crippen MR) is 483 cm³/mol. The van der Waals surface area contributed by atoms with Gasteiger partial charge in [-0.1, -0.05) is 318 Å². The van der Waals surface area contributed by atoms with Crippen molar-refractivity contribution in [2.45, 2.75) is 136 Å². The molecule has 0 unspecified atom stereocenters. The van der Waals surface area contributed by atoms with Crippen molar-refractivity contribution in [3.63, 3.8) is 0 Å². The largest absolute Gasteiger partial charge is 0.310 e. The summed E-state index contributed by atoms with van der Waals surface area (Å²) in [5.41, 5.74) is 47.3. The number of anilines is 9. The van der Waals surface area contributed by atoms with Gasteiger partial charge in [-0.05, 0) is 263 Å². The highest BCUT2D eigenvalue weighted by atomic mass is 15.2. The summed E-state index contributed by atoms with van der Waals surface area (Å²) in [7, 11) is 0. The van der Waals surface area contributed by atoms with Gasteiger partial charge < -0.3 is 14.7 Å². The Morgan fingerprint density at radius 1 is 0.140 bits per heavy atom. The molecule has 0 aliphatic heterocycles. The Morgan fingerprint density at radius 2 is 0.307 bits per heavy atom. The lowest BCUT2D eigenvalue weighted by molar-refractivity contribution is 0.659. The third kappa shape index (κ3) is 11.3. The summed E-state index contributed by atoms with van der Waals surface area (Å²) in [6.45, 7) is 34.8. The van der Waals surface area contributed by atoms with Crippen LogP contribution in [0.4, 0.5) is 51.2 Å². The summed E-state index contributed by atoms with van der Waals surface area (Å²) in [6, 6.07) is 122. The van der Waals surface area contributed by atoms with Gasteiger partial charge in [0.1, 0.15) is 0 Å². The Labute approximate surface area is 675 Å². The Hall–Kier alpha value is -12.3. The summed E-state index contributed by atoms with van der Waals surface area (Å²) in [4.78, 5) is 7.28. The number of hydrogen-bond acceptors (Lipinski definition) is 3. The van der Waals surface area contributed by atoms with Gasteiger partial charge in [0.2, 0.25) is 0 Å². The molecule has 114 heavy (non-hydrogen) atoms. The van der Waals surface area contributed by atoms with Gasteiger partial charge in [0, 0.05) is 83.7 Å². The molecule has 0 spiro atoms. The van der Waals surface area contributed by atoms with Crippen molar-refractivity contribution in [2.75, 3.05) is 14.7 Å². The lowest BCUT2D eigenvalue weighted by atomic mass is 9.81. The SMILES string of the molecule is Cc1ccc(N(c2ccc3c(c2)C(C)(C)c2ccccc2-3)c2ccc3c(c2)C(C)(C)c2ccccc2-3)cc1.Cc1ccc(N(c2ccccc2)c2ccc3c(c2)C(C)(C)c2ccccc2-3)cc1.Cc1ccc2c(c1)C(C)(C)c1cc(N(c3ccc4c(c3)C(C)(C)c3ccccc3-4)c3ccc4c(c3)C(C)(C)c3ccccc3-4)ccc1-2. The fraction of sp³-hybridized carbons (Fsp3) is 0.189. The first-order valence-corrected chi connectivity index (χ1v) is 40.9. The molecule has 21 rings (SSSR count). The first-order valence-electron chi connectivity index (χ1n) is 40.9. The van der Waals surface area contributed by atoms with E-state index in [0.717, 1.165) is 0 Å². The molecule has 0 N–H and O–H groups in total. The van der Waals surface area contributed by atoms with Crippen LogP contribution >= 0.6 is 0 Å². The van der Waals surface area contributed by atoms with E-state index in [1.807, 2.05) is 0 Å². The lowest BCUT2D eigenvalue weighted by Crippen LogP contribution is -2.19. The molecule has 15 aromatic rings. The summed E-state index contributed by atoms with van der Waals surface area (Å²) in [5, 5.41) is 0. The highest BCUT2D eigenvalue weighted by Gasteiger charge is 2.43. The second-order valence-electron chi connectivity index (χ2n) is 35.9. The molecule has 6 aliphatic carbocycles. The number of benzene rings is 15. The lowest BCUT2D eigenvalue weighted by Gasteiger charge is -2.31. The molecule has 0 bridgehead atoms. The van der Waals surface area contributed by atoms with E-state index in [-0.39, 0.29) is 32.5 Å². The van der Waals surface area contributed by atoms with Gasteiger partial charge in [0.15, 0.2) is 0 Å². The minimum Gasteiger partial charge on any atom is -0.310 e. The van der Waals surface area contributed by atoms with Crippen LogP contribution in [0, 0.1) is 20.8 Å². The molecule has 0 heterocycles. The molecule has 3 heteroatoms. The molecule has 0 amide bonds. The Kier molecular flexibility index (Phi) is 16.7. The first-order chi connectivity index (χ1) is 54.8. The van der Waals surface area contributed by atoms with Gasteiger partial charge in [0.05, 0.1) is 0 Å². The standard InChI is InChI=1S/C46H41N.C37H33N.C28H25N/c1-28-16-20-34-37-23-19-31(27-43(37)46(6,7)40(34)24-28)47(29-17-21-35-32-12-8-10-14-38(32)44(2,3)41(35)25-29)30-18-22-36-33-13-9-11-15-39(33)45(4,5)42(36)26-30;1-24-14-16-25(17-15-24)38(26-18-20-30-28-10-6-8-12-32(28)36(2,3)34(30)22-26)27-19-21-31-29-11-7-9-13-33(29)37(4,5)35(31)23-27;1-20-13-15-22(16-14-20)29(21-9-5-4-6-10-21)23-17-18-25-24-11-7-8-12-26(24)28(2,3)27(25)19-23/h8-27H,1-7H3;6-23H,1-5H3;4-19H,1-3H3. The highest BCUT2D eigenvalue weighted by Crippen LogP contribution is 2.59. The van der Waals surface area contributed by atoms with Crippen molar-refractivity contribution in [1.82, 2.24) is 0 Å². The van der Waals surface area contributed by atoms with E-state index in [1.165, 1.54) is 201 Å². The van der Waals surface area contributed by atoms with E-state index < -0.39 is 0 Å². The Balaban J connectivity index is 0.000000118. The molecule has 0 saturated heterocycles. The van der Waals surface area contributed by atoms with Crippen molar-refractivity contribution in [3.8, 4) is 66.8 Å². The maximum absolute atomic E-state index is 2.50. The normalized spacial score (nSPS) is 15.4. The van der Waals surface area contributed by atoms with E-state index >= 15 is 0 Å². The zero-order valence-corrected chi connectivity index (χ0v) is 68.5. The quantitative estimate of drug-likeness (QED) is 0.143. The minimum absolute atomic E-state index is 0.00241. The molecule has 0 atom stereocenters. The van der Waals surface area contributed by atoms with Gasteiger partial charge in [-0.2, -0.15) is 0 Å². The van der Waals surface area contributed by atoms with Crippen LogP contribution in [0.5, 0.6) is 0 Å². The number of nitrogens with zero attached hydrogens (tertiary/aromatic N) is 3. The zero-order chi connectivity index (χ0) is 78.7. The van der Waals surface area contributed by atoms with E-state index in [4.69, 9.17) is 0 Å². The number of fused-ring (bicyclic) bond motifs is 18. The molecule has 0 saturated carbocycles. The van der Waals surface area contributed by atoms with E-state index in [9.17, 15) is 0 Å². The van der Waals surface area contributed by atoms with E-state index in [0.29, 0.717) is 0 Å². The Bertz CT molecular complexity index is 6180. The summed E-state index contributed by atoms with van der Waals surface area (Å²) >= 11 is 0. The fourth-order valence-corrected chi connectivity index (χ4v) is 20.4. The van der Waals surface area contributed by atoms with Crippen LogP contribution in [-0.2, 0) is 32.5 Å². The summed E-state index contributed by atoms with van der Waals surface area (Å²) in [6.07, 6.45) is 0. The molecular formula is C111H99N3. The molecule has 558 valence electrons. The highest BCUT2D eigenvalue weighted by molar-refractivity contribution is 5.94. The molecule has 15 aromatic carbocycles. The van der Waals surface area contributed by atoms with Crippen molar-refractivity contribution in [2.24, 2.45) is 0 Å². The average molecular weight is 1480 g/mol. The number of hydrogen-bond donors (Lipinski definition) is 0. The smallest absolute Gasteiger partial charge is 0.0465 e. The third-order valence-corrected chi connectivity index (χ3v) is 26.8. The molecule has 0 aromatic heterocycles. The van der Waals surface area contributed by atoms with Crippen LogP contribution in [-0.4, -0.2) is 0 Å². The molecule has 3 nitrogen and oxygen atoms in total. The van der Waals surface area contributed by atoms with E-state index in [1.54, 1.807) is 0 Å². The second-order valence-corrected chi connectivity index (χ2v) is 35.9. The minimum atomic E-state index is -0.0818. The topological polar surface area (TPSA) is 9.72 Å². The van der Waals surface area contributed by atoms with Crippen molar-refractivity contribution in [1.29, 1.82) is 0 Å². The number of rotatable bonds is 9. The summed E-state index contributed by atoms with van der Waals surface area (Å²) < 4.78 is 0. The van der Waals surface area contributed by atoms with Gasteiger partial charge in [-0.15, -0.1) is 0 Å². The average Bonchev–Trinajstić information content (AvgIpc) is 1.58. The van der Waals surface area contributed by atoms with Crippen LogP contribution in [0.1, 0.15) is 167 Å². The van der Waals surface area contributed by atoms with Crippen molar-refractivity contribution in [3.05, 3.63) is 411 Å². The molecular weight excluding hydrogens is 1380 g/mol. The van der Waals surface area contributed by atoms with Gasteiger partial charge in [0.25, 0.3) is 0 Å². The second kappa shape index (κ2) is 26.4. The zero-order valence-electron chi connectivity index (χ0n) is 68.5. The Morgan fingerprint density at radius 3 is 0.570 bits per heavy atom.